The first kappa shape index (κ1) is 18.2. The lowest BCUT2D eigenvalue weighted by atomic mass is 10.2. The molecule has 130 valence electrons. The van der Waals surface area contributed by atoms with E-state index in [1.807, 2.05) is 24.3 Å². The van der Waals surface area contributed by atoms with E-state index in [0.29, 0.717) is 9.90 Å². The largest absolute Gasteiger partial charge is 0.456 e. The zero-order chi connectivity index (χ0) is 18.2. The van der Waals surface area contributed by atoms with Crippen molar-refractivity contribution in [2.24, 2.45) is 0 Å². The fraction of sp³-hybridized carbons (Fsp3) is 0.118. The van der Waals surface area contributed by atoms with Crippen LogP contribution in [0.4, 0.5) is 0 Å². The van der Waals surface area contributed by atoms with Crippen molar-refractivity contribution in [1.82, 2.24) is 0 Å². The van der Waals surface area contributed by atoms with E-state index >= 15 is 0 Å². The van der Waals surface area contributed by atoms with Crippen molar-refractivity contribution in [3.8, 4) is 0 Å². The molecule has 0 amide bonds. The molecule has 0 bridgehead atoms. The van der Waals surface area contributed by atoms with Gasteiger partial charge in [-0.15, -0.1) is 11.3 Å². The van der Waals surface area contributed by atoms with Gasteiger partial charge in [0, 0.05) is 16.3 Å². The van der Waals surface area contributed by atoms with Crippen LogP contribution in [0.2, 0.25) is 10.0 Å². The highest BCUT2D eigenvalue weighted by Crippen LogP contribution is 2.35. The summed E-state index contributed by atoms with van der Waals surface area (Å²) in [7, 11) is -3.45. The van der Waals surface area contributed by atoms with Crippen molar-refractivity contribution in [3.63, 3.8) is 0 Å². The molecule has 0 fully saturated rings. The lowest BCUT2D eigenvalue weighted by molar-refractivity contribution is 0.0477. The number of sulfone groups is 1. The maximum absolute atomic E-state index is 12.3. The van der Waals surface area contributed by atoms with E-state index in [-0.39, 0.29) is 22.1 Å². The van der Waals surface area contributed by atoms with Crippen LogP contribution < -0.4 is 0 Å². The highest BCUT2D eigenvalue weighted by atomic mass is 35.5. The van der Waals surface area contributed by atoms with E-state index in [2.05, 4.69) is 0 Å². The molecule has 0 radical (unpaired) electrons. The van der Waals surface area contributed by atoms with Crippen LogP contribution in [0.5, 0.6) is 0 Å². The summed E-state index contributed by atoms with van der Waals surface area (Å²) in [4.78, 5) is 13.0. The monoisotopic (exact) mass is 414 g/mol. The molecule has 0 saturated carbocycles. The van der Waals surface area contributed by atoms with Gasteiger partial charge >= 0.3 is 5.97 Å². The van der Waals surface area contributed by atoms with Gasteiger partial charge in [0.1, 0.15) is 6.61 Å². The Morgan fingerprint density at radius 2 is 1.88 bits per heavy atom. The first-order valence-corrected chi connectivity index (χ1v) is 10.6. The summed E-state index contributed by atoms with van der Waals surface area (Å²) >= 11 is 13.8. The SMILES string of the molecule is CS(=O)(=O)c1ccc(Cl)c(C(=O)OCc2sc3ccccc3c2Cl)c1. The molecule has 0 saturated heterocycles. The third-order valence-electron chi connectivity index (χ3n) is 3.52. The van der Waals surface area contributed by atoms with Gasteiger partial charge in [-0.25, -0.2) is 13.2 Å². The van der Waals surface area contributed by atoms with Gasteiger partial charge in [0.25, 0.3) is 0 Å². The number of ether oxygens (including phenoxy) is 1. The smallest absolute Gasteiger partial charge is 0.340 e. The summed E-state index contributed by atoms with van der Waals surface area (Å²) < 4.78 is 29.5. The van der Waals surface area contributed by atoms with Gasteiger partial charge in [-0.2, -0.15) is 0 Å². The van der Waals surface area contributed by atoms with E-state index in [1.165, 1.54) is 29.5 Å². The van der Waals surface area contributed by atoms with Crippen LogP contribution in [-0.2, 0) is 21.2 Å². The van der Waals surface area contributed by atoms with Gasteiger partial charge in [-0.3, -0.25) is 0 Å². The highest BCUT2D eigenvalue weighted by Gasteiger charge is 2.18. The van der Waals surface area contributed by atoms with Crippen LogP contribution in [0.25, 0.3) is 10.1 Å². The van der Waals surface area contributed by atoms with Gasteiger partial charge in [-0.1, -0.05) is 41.4 Å². The lowest BCUT2D eigenvalue weighted by Crippen LogP contribution is -2.07. The van der Waals surface area contributed by atoms with Crippen LogP contribution >= 0.6 is 34.5 Å². The number of benzene rings is 2. The fourth-order valence-electron chi connectivity index (χ4n) is 2.26. The average Bonchev–Trinajstić information content (AvgIpc) is 2.88. The molecule has 0 atom stereocenters. The molecule has 1 aromatic heterocycles. The minimum atomic E-state index is -3.45. The molecule has 0 unspecified atom stereocenters. The molecule has 3 aromatic rings. The van der Waals surface area contributed by atoms with E-state index in [1.54, 1.807) is 0 Å². The highest BCUT2D eigenvalue weighted by molar-refractivity contribution is 7.90. The topological polar surface area (TPSA) is 60.4 Å². The minimum absolute atomic E-state index is 0.00169. The predicted molar refractivity (Wildman–Crippen MR) is 101 cm³/mol. The molecule has 0 aliphatic carbocycles. The Morgan fingerprint density at radius 3 is 2.56 bits per heavy atom. The van der Waals surface area contributed by atoms with Crippen LogP contribution in [0, 0.1) is 0 Å². The van der Waals surface area contributed by atoms with E-state index < -0.39 is 15.8 Å². The number of thiophene rings is 1. The summed E-state index contributed by atoms with van der Waals surface area (Å²) in [5.74, 6) is -0.705. The van der Waals surface area contributed by atoms with E-state index in [4.69, 9.17) is 27.9 Å². The molecule has 1 heterocycles. The number of rotatable bonds is 4. The molecule has 0 spiro atoms. The Labute approximate surface area is 158 Å². The lowest BCUT2D eigenvalue weighted by Gasteiger charge is -2.07. The third kappa shape index (κ3) is 3.82. The first-order chi connectivity index (χ1) is 11.8. The number of halogens is 2. The van der Waals surface area contributed by atoms with Gasteiger partial charge in [0.15, 0.2) is 9.84 Å². The second kappa shape index (κ2) is 6.96. The Kier molecular flexibility index (Phi) is 5.06. The maximum Gasteiger partial charge on any atom is 0.340 e. The molecular formula is C17H12Cl2O4S2. The Morgan fingerprint density at radius 1 is 1.16 bits per heavy atom. The van der Waals surface area contributed by atoms with Crippen molar-refractivity contribution >= 4 is 60.4 Å². The third-order valence-corrected chi connectivity index (χ3v) is 6.65. The number of carbonyl (C=O) groups excluding carboxylic acids is 1. The molecule has 8 heteroatoms. The Hall–Kier alpha value is -1.60. The van der Waals surface area contributed by atoms with Crippen molar-refractivity contribution in [3.05, 3.63) is 63.0 Å². The standard InChI is InChI=1S/C17H12Cl2O4S2/c1-25(21,22)10-6-7-13(18)12(8-10)17(20)23-9-15-16(19)11-4-2-3-5-14(11)24-15/h2-8H,9H2,1H3. The van der Waals surface area contributed by atoms with Crippen molar-refractivity contribution in [1.29, 1.82) is 0 Å². The molecular weight excluding hydrogens is 403 g/mol. The summed E-state index contributed by atoms with van der Waals surface area (Å²) in [5, 5.41) is 1.57. The Bertz CT molecular complexity index is 1070. The predicted octanol–water partition coefficient (Wildman–Crippen LogP) is 4.97. The van der Waals surface area contributed by atoms with E-state index in [9.17, 15) is 13.2 Å². The van der Waals surface area contributed by atoms with Gasteiger partial charge in [-0.05, 0) is 24.3 Å². The van der Waals surface area contributed by atoms with Crippen LogP contribution in [0.3, 0.4) is 0 Å². The number of fused-ring (bicyclic) bond motifs is 1. The summed E-state index contributed by atoms with van der Waals surface area (Å²) in [6, 6.07) is 11.5. The average molecular weight is 415 g/mol. The van der Waals surface area contributed by atoms with Crippen LogP contribution in [-0.4, -0.2) is 20.6 Å². The molecule has 0 N–H and O–H groups in total. The normalized spacial score (nSPS) is 11.6. The second-order valence-electron chi connectivity index (χ2n) is 5.33. The van der Waals surface area contributed by atoms with Crippen molar-refractivity contribution in [2.75, 3.05) is 6.26 Å². The molecule has 3 rings (SSSR count). The van der Waals surface area contributed by atoms with Gasteiger partial charge < -0.3 is 4.74 Å². The second-order valence-corrected chi connectivity index (χ2v) is 9.26. The van der Waals surface area contributed by atoms with E-state index in [0.717, 1.165) is 16.3 Å². The minimum Gasteiger partial charge on any atom is -0.456 e. The Balaban J connectivity index is 1.84. The quantitative estimate of drug-likeness (QED) is 0.565. The zero-order valence-electron chi connectivity index (χ0n) is 13.0. The van der Waals surface area contributed by atoms with Gasteiger partial charge in [0.05, 0.1) is 25.4 Å². The first-order valence-electron chi connectivity index (χ1n) is 7.10. The van der Waals surface area contributed by atoms with Crippen molar-refractivity contribution in [2.45, 2.75) is 11.5 Å². The van der Waals surface area contributed by atoms with Crippen LogP contribution in [0.1, 0.15) is 15.2 Å². The van der Waals surface area contributed by atoms with Crippen LogP contribution in [0.15, 0.2) is 47.4 Å². The number of hydrogen-bond acceptors (Lipinski definition) is 5. The number of carbonyl (C=O) groups is 1. The zero-order valence-corrected chi connectivity index (χ0v) is 16.1. The van der Waals surface area contributed by atoms with Gasteiger partial charge in [0.2, 0.25) is 0 Å². The molecule has 0 aliphatic rings. The molecule has 25 heavy (non-hydrogen) atoms. The van der Waals surface area contributed by atoms with Crippen molar-refractivity contribution < 1.29 is 17.9 Å². The molecule has 2 aromatic carbocycles. The number of hydrogen-bond donors (Lipinski definition) is 0. The summed E-state index contributed by atoms with van der Waals surface area (Å²) in [6.07, 6.45) is 1.06. The summed E-state index contributed by atoms with van der Waals surface area (Å²) in [6.45, 7) is -0.0174. The number of esters is 1. The molecule has 4 nitrogen and oxygen atoms in total. The molecule has 0 aliphatic heterocycles. The fourth-order valence-corrected chi connectivity index (χ4v) is 4.50. The summed E-state index contributed by atoms with van der Waals surface area (Å²) in [5.41, 5.74) is 0.00169. The maximum atomic E-state index is 12.3.